The number of carbonyl (C=O) groups is 1. The van der Waals surface area contributed by atoms with Crippen molar-refractivity contribution in [3.63, 3.8) is 0 Å². The largest absolute Gasteiger partial charge is 0.416 e. The molecule has 1 aromatic rings. The lowest BCUT2D eigenvalue weighted by Crippen LogP contribution is -2.38. The van der Waals surface area contributed by atoms with Gasteiger partial charge in [-0.2, -0.15) is 13.2 Å². The van der Waals surface area contributed by atoms with Crippen molar-refractivity contribution in [1.29, 1.82) is 0 Å². The van der Waals surface area contributed by atoms with Crippen LogP contribution in [0.3, 0.4) is 0 Å². The molecule has 0 saturated heterocycles. The highest BCUT2D eigenvalue weighted by Crippen LogP contribution is 2.37. The zero-order valence-electron chi connectivity index (χ0n) is 10.1. The lowest BCUT2D eigenvalue weighted by atomic mass is 10.1. The van der Waals surface area contributed by atoms with E-state index in [1.54, 1.807) is 0 Å². The molecule has 1 N–H and O–H groups in total. The average molecular weight is 336 g/mol. The van der Waals surface area contributed by atoms with Crippen LogP contribution in [-0.2, 0) is 17.4 Å². The fourth-order valence-corrected chi connectivity index (χ4v) is 2.48. The Kier molecular flexibility index (Phi) is 3.90. The van der Waals surface area contributed by atoms with E-state index in [1.807, 2.05) is 0 Å². The zero-order valence-corrected chi connectivity index (χ0v) is 11.6. The highest BCUT2D eigenvalue weighted by atomic mass is 79.9. The summed E-state index contributed by atoms with van der Waals surface area (Å²) in [7, 11) is 0. The molecule has 104 valence electrons. The molecule has 1 aliphatic carbocycles. The fraction of sp³-hybridized carbons (Fsp3) is 0.462. The van der Waals surface area contributed by atoms with Gasteiger partial charge in [0.1, 0.15) is 0 Å². The van der Waals surface area contributed by atoms with E-state index in [4.69, 9.17) is 0 Å². The quantitative estimate of drug-likeness (QED) is 0.840. The van der Waals surface area contributed by atoms with E-state index in [-0.39, 0.29) is 17.9 Å². The summed E-state index contributed by atoms with van der Waals surface area (Å²) in [4.78, 5) is 11.8. The molecule has 0 unspecified atom stereocenters. The summed E-state index contributed by atoms with van der Waals surface area (Å²) in [5.41, 5.74) is -0.255. The number of halogens is 4. The number of nitrogens with one attached hydrogen (secondary N) is 1. The number of carbonyl (C=O) groups excluding carboxylic acids is 1. The first-order valence-corrected chi connectivity index (χ1v) is 7.00. The lowest BCUT2D eigenvalue weighted by Gasteiger charge is -2.14. The number of hydrogen-bond donors (Lipinski definition) is 1. The maximum absolute atomic E-state index is 12.4. The second-order valence-electron chi connectivity index (χ2n) is 4.83. The van der Waals surface area contributed by atoms with Gasteiger partial charge in [0.2, 0.25) is 5.91 Å². The van der Waals surface area contributed by atoms with Crippen molar-refractivity contribution < 1.29 is 18.0 Å². The van der Waals surface area contributed by atoms with Crippen LogP contribution in [0.25, 0.3) is 0 Å². The van der Waals surface area contributed by atoms with Crippen molar-refractivity contribution in [2.75, 3.05) is 5.33 Å². The Morgan fingerprint density at radius 1 is 1.26 bits per heavy atom. The summed E-state index contributed by atoms with van der Waals surface area (Å²) in [5, 5.41) is 3.61. The molecule has 1 fully saturated rings. The highest BCUT2D eigenvalue weighted by Gasteiger charge is 2.42. The number of benzene rings is 1. The van der Waals surface area contributed by atoms with Crippen LogP contribution in [0, 0.1) is 0 Å². The van der Waals surface area contributed by atoms with Crippen LogP contribution in [-0.4, -0.2) is 16.8 Å². The molecule has 1 aliphatic rings. The predicted octanol–water partition coefficient (Wildman–Crippen LogP) is 3.29. The van der Waals surface area contributed by atoms with E-state index >= 15 is 0 Å². The molecule has 0 spiro atoms. The van der Waals surface area contributed by atoms with Crippen LogP contribution in [0.2, 0.25) is 0 Å². The first kappa shape index (κ1) is 14.4. The lowest BCUT2D eigenvalue weighted by molar-refractivity contribution is -0.137. The van der Waals surface area contributed by atoms with Crippen LogP contribution in [0.5, 0.6) is 0 Å². The summed E-state index contributed by atoms with van der Waals surface area (Å²) in [5.74, 6) is -0.156. The van der Waals surface area contributed by atoms with E-state index < -0.39 is 11.7 Å². The van der Waals surface area contributed by atoms with Gasteiger partial charge in [-0.1, -0.05) is 28.1 Å². The fourth-order valence-electron chi connectivity index (χ4n) is 1.78. The Morgan fingerprint density at radius 3 is 2.26 bits per heavy atom. The van der Waals surface area contributed by atoms with Crippen LogP contribution < -0.4 is 5.32 Å². The van der Waals surface area contributed by atoms with Crippen LogP contribution in [0.1, 0.15) is 24.0 Å². The summed E-state index contributed by atoms with van der Waals surface area (Å²) in [6, 6.07) is 4.69. The van der Waals surface area contributed by atoms with Gasteiger partial charge in [0.15, 0.2) is 0 Å². The first-order chi connectivity index (χ1) is 8.85. The molecule has 2 nitrogen and oxygen atoms in total. The van der Waals surface area contributed by atoms with Crippen LogP contribution in [0.15, 0.2) is 24.3 Å². The Bertz CT molecular complexity index is 466. The van der Waals surface area contributed by atoms with E-state index in [0.717, 1.165) is 25.0 Å². The van der Waals surface area contributed by atoms with Crippen molar-refractivity contribution in [2.24, 2.45) is 0 Å². The molecule has 0 aromatic heterocycles. The number of rotatable bonds is 4. The van der Waals surface area contributed by atoms with Gasteiger partial charge in [0, 0.05) is 10.9 Å². The monoisotopic (exact) mass is 335 g/mol. The van der Waals surface area contributed by atoms with Crippen molar-refractivity contribution >= 4 is 21.8 Å². The third-order valence-corrected chi connectivity index (χ3v) is 4.23. The second-order valence-corrected chi connectivity index (χ2v) is 5.39. The Morgan fingerprint density at radius 2 is 1.84 bits per heavy atom. The molecular formula is C13H13BrF3NO. The third-order valence-electron chi connectivity index (χ3n) is 3.16. The Hall–Kier alpha value is -1.04. The van der Waals surface area contributed by atoms with Crippen molar-refractivity contribution in [3.8, 4) is 0 Å². The maximum atomic E-state index is 12.4. The SMILES string of the molecule is O=C(Cc1ccc(C(F)(F)F)cc1)NC1(CBr)CC1. The molecule has 2 rings (SSSR count). The van der Waals surface area contributed by atoms with Gasteiger partial charge < -0.3 is 5.32 Å². The zero-order chi connectivity index (χ0) is 14.1. The third kappa shape index (κ3) is 3.72. The summed E-state index contributed by atoms with van der Waals surface area (Å²) in [6.07, 6.45) is -2.35. The molecule has 0 radical (unpaired) electrons. The van der Waals surface area contributed by atoms with E-state index in [1.165, 1.54) is 12.1 Å². The van der Waals surface area contributed by atoms with Crippen molar-refractivity contribution in [2.45, 2.75) is 31.0 Å². The van der Waals surface area contributed by atoms with Gasteiger partial charge >= 0.3 is 6.18 Å². The average Bonchev–Trinajstić information content (AvgIpc) is 3.09. The van der Waals surface area contributed by atoms with E-state index in [2.05, 4.69) is 21.2 Å². The smallest absolute Gasteiger partial charge is 0.350 e. The van der Waals surface area contributed by atoms with Gasteiger partial charge in [-0.15, -0.1) is 0 Å². The predicted molar refractivity (Wildman–Crippen MR) is 69.0 cm³/mol. The molecule has 0 bridgehead atoms. The summed E-state index contributed by atoms with van der Waals surface area (Å²) in [6.45, 7) is 0. The molecule has 6 heteroatoms. The molecule has 1 aromatic carbocycles. The summed E-state index contributed by atoms with van der Waals surface area (Å²) < 4.78 is 37.1. The minimum absolute atomic E-state index is 0.104. The second kappa shape index (κ2) is 5.15. The molecule has 1 saturated carbocycles. The normalized spacial score (nSPS) is 17.1. The highest BCUT2D eigenvalue weighted by molar-refractivity contribution is 9.09. The maximum Gasteiger partial charge on any atom is 0.416 e. The number of alkyl halides is 4. The molecule has 0 aliphatic heterocycles. The minimum atomic E-state index is -4.34. The van der Waals surface area contributed by atoms with Crippen LogP contribution >= 0.6 is 15.9 Å². The molecular weight excluding hydrogens is 323 g/mol. The number of hydrogen-bond acceptors (Lipinski definition) is 1. The van der Waals surface area contributed by atoms with E-state index in [0.29, 0.717) is 10.9 Å². The first-order valence-electron chi connectivity index (χ1n) is 5.88. The molecule has 19 heavy (non-hydrogen) atoms. The number of amides is 1. The topological polar surface area (TPSA) is 29.1 Å². The van der Waals surface area contributed by atoms with Gasteiger partial charge in [-0.3, -0.25) is 4.79 Å². The Labute approximate surface area is 117 Å². The Balaban J connectivity index is 1.94. The standard InChI is InChI=1S/C13H13BrF3NO/c14-8-12(5-6-12)18-11(19)7-9-1-3-10(4-2-9)13(15,16)17/h1-4H,5-8H2,(H,18,19). The minimum Gasteiger partial charge on any atom is -0.350 e. The van der Waals surface area contributed by atoms with Gasteiger partial charge in [-0.25, -0.2) is 0 Å². The molecule has 0 atom stereocenters. The van der Waals surface area contributed by atoms with Gasteiger partial charge in [-0.05, 0) is 30.5 Å². The van der Waals surface area contributed by atoms with Crippen molar-refractivity contribution in [3.05, 3.63) is 35.4 Å². The molecule has 0 heterocycles. The summed E-state index contributed by atoms with van der Waals surface area (Å²) >= 11 is 3.34. The van der Waals surface area contributed by atoms with Gasteiger partial charge in [0.05, 0.1) is 12.0 Å². The van der Waals surface area contributed by atoms with Crippen LogP contribution in [0.4, 0.5) is 13.2 Å². The van der Waals surface area contributed by atoms with E-state index in [9.17, 15) is 18.0 Å². The molecule has 1 amide bonds. The van der Waals surface area contributed by atoms with Gasteiger partial charge in [0.25, 0.3) is 0 Å². The van der Waals surface area contributed by atoms with Crippen molar-refractivity contribution in [1.82, 2.24) is 5.32 Å².